The van der Waals surface area contributed by atoms with E-state index < -0.39 is 0 Å². The second-order valence-corrected chi connectivity index (χ2v) is 4.95. The van der Waals surface area contributed by atoms with Crippen LogP contribution in [0.5, 0.6) is 0 Å². The van der Waals surface area contributed by atoms with Crippen molar-refractivity contribution in [3.63, 3.8) is 0 Å². The summed E-state index contributed by atoms with van der Waals surface area (Å²) >= 11 is 0. The number of nitrogens with zero attached hydrogens (tertiary/aromatic N) is 3. The number of rotatable bonds is 5. The van der Waals surface area contributed by atoms with E-state index in [1.807, 2.05) is 0 Å². The maximum Gasteiger partial charge on any atom is 0.242 e. The molecule has 1 saturated carbocycles. The van der Waals surface area contributed by atoms with E-state index in [1.54, 1.807) is 0 Å². The van der Waals surface area contributed by atoms with Crippen LogP contribution in [0.2, 0.25) is 0 Å². The van der Waals surface area contributed by atoms with Crippen molar-refractivity contribution in [1.29, 1.82) is 0 Å². The number of aliphatic hydroxyl groups excluding tert-OH is 1. The minimum Gasteiger partial charge on any atom is -0.393 e. The Morgan fingerprint density at radius 1 is 1.17 bits per heavy atom. The Morgan fingerprint density at radius 2 is 1.94 bits per heavy atom. The van der Waals surface area contributed by atoms with Gasteiger partial charge in [0, 0.05) is 6.54 Å². The molecule has 0 bridgehead atoms. The minimum atomic E-state index is -0.121. The third kappa shape index (κ3) is 3.16. The van der Waals surface area contributed by atoms with Gasteiger partial charge in [-0.2, -0.15) is 5.10 Å². The van der Waals surface area contributed by atoms with Gasteiger partial charge in [-0.3, -0.25) is 0 Å². The molecular weight excluding hydrogens is 228 g/mol. The van der Waals surface area contributed by atoms with Gasteiger partial charge in [-0.25, -0.2) is 4.98 Å². The molecule has 2 atom stereocenters. The molecule has 0 aromatic carbocycles. The van der Waals surface area contributed by atoms with Crippen LogP contribution in [0.25, 0.3) is 0 Å². The van der Waals surface area contributed by atoms with E-state index in [2.05, 4.69) is 34.3 Å². The summed E-state index contributed by atoms with van der Waals surface area (Å²) in [6, 6.07) is 0. The Bertz CT molecular complexity index is 397. The quantitative estimate of drug-likeness (QED) is 0.830. The molecule has 1 aliphatic rings. The zero-order chi connectivity index (χ0) is 13.0. The fraction of sp³-hybridized carbons (Fsp3) is 0.769. The molecular formula is C13H22N4O. The molecule has 5 nitrogen and oxygen atoms in total. The van der Waals surface area contributed by atoms with Crippen molar-refractivity contribution in [1.82, 2.24) is 15.2 Å². The van der Waals surface area contributed by atoms with Crippen LogP contribution in [0.1, 0.15) is 44.5 Å². The van der Waals surface area contributed by atoms with E-state index in [-0.39, 0.29) is 6.10 Å². The fourth-order valence-corrected chi connectivity index (χ4v) is 2.48. The van der Waals surface area contributed by atoms with Crippen molar-refractivity contribution in [2.75, 3.05) is 11.9 Å². The summed E-state index contributed by atoms with van der Waals surface area (Å²) in [6.45, 7) is 4.98. The smallest absolute Gasteiger partial charge is 0.242 e. The van der Waals surface area contributed by atoms with E-state index in [4.69, 9.17) is 0 Å². The lowest BCUT2D eigenvalue weighted by molar-refractivity contribution is 0.178. The Labute approximate surface area is 108 Å². The molecule has 1 heterocycles. The van der Waals surface area contributed by atoms with Gasteiger partial charge in [0.25, 0.3) is 0 Å². The number of nitrogens with one attached hydrogen (secondary N) is 1. The first-order valence-corrected chi connectivity index (χ1v) is 6.87. The predicted molar refractivity (Wildman–Crippen MR) is 70.4 cm³/mol. The van der Waals surface area contributed by atoms with Crippen LogP contribution in [-0.2, 0) is 12.8 Å². The molecule has 2 unspecified atom stereocenters. The molecule has 0 spiro atoms. The highest BCUT2D eigenvalue weighted by Crippen LogP contribution is 2.25. The van der Waals surface area contributed by atoms with Crippen LogP contribution < -0.4 is 5.32 Å². The molecule has 1 aromatic rings. The fourth-order valence-electron chi connectivity index (χ4n) is 2.48. The predicted octanol–water partition coefficient (Wildman–Crippen LogP) is 1.57. The first-order valence-electron chi connectivity index (χ1n) is 6.87. The lowest BCUT2D eigenvalue weighted by Crippen LogP contribution is -2.16. The largest absolute Gasteiger partial charge is 0.393 e. The molecule has 1 aliphatic carbocycles. The normalized spacial score (nSPS) is 23.3. The van der Waals surface area contributed by atoms with Gasteiger partial charge in [-0.1, -0.05) is 13.8 Å². The lowest BCUT2D eigenvalue weighted by atomic mass is 10.1. The van der Waals surface area contributed by atoms with Gasteiger partial charge in [0.1, 0.15) is 0 Å². The standard InChI is InChI=1S/C13H22N4O/c1-3-11-12(4-2)16-17-13(15-11)14-8-9-5-6-10(18)7-9/h9-10,18H,3-8H2,1-2H3,(H,14,15,17). The van der Waals surface area contributed by atoms with Crippen molar-refractivity contribution in [3.8, 4) is 0 Å². The third-order valence-corrected chi connectivity index (χ3v) is 3.57. The van der Waals surface area contributed by atoms with Gasteiger partial charge in [0.05, 0.1) is 17.5 Å². The van der Waals surface area contributed by atoms with Crippen LogP contribution in [0.15, 0.2) is 0 Å². The molecule has 5 heteroatoms. The van der Waals surface area contributed by atoms with Gasteiger partial charge < -0.3 is 10.4 Å². The molecule has 0 amide bonds. The average Bonchev–Trinajstić information content (AvgIpc) is 2.81. The summed E-state index contributed by atoms with van der Waals surface area (Å²) in [4.78, 5) is 4.49. The number of hydrogen-bond donors (Lipinski definition) is 2. The second-order valence-electron chi connectivity index (χ2n) is 4.95. The Balaban J connectivity index is 1.93. The summed E-state index contributed by atoms with van der Waals surface area (Å²) in [6.07, 6.45) is 4.52. The zero-order valence-electron chi connectivity index (χ0n) is 11.2. The summed E-state index contributed by atoms with van der Waals surface area (Å²) < 4.78 is 0. The van der Waals surface area contributed by atoms with Crippen LogP contribution >= 0.6 is 0 Å². The highest BCUT2D eigenvalue weighted by atomic mass is 16.3. The zero-order valence-corrected chi connectivity index (χ0v) is 11.2. The first-order chi connectivity index (χ1) is 8.72. The minimum absolute atomic E-state index is 0.121. The third-order valence-electron chi connectivity index (χ3n) is 3.57. The van der Waals surface area contributed by atoms with Gasteiger partial charge >= 0.3 is 0 Å². The highest BCUT2D eigenvalue weighted by Gasteiger charge is 2.22. The maximum absolute atomic E-state index is 9.48. The number of aliphatic hydroxyl groups is 1. The van der Waals surface area contributed by atoms with E-state index in [9.17, 15) is 5.11 Å². The summed E-state index contributed by atoms with van der Waals surface area (Å²) in [5, 5.41) is 21.0. The van der Waals surface area contributed by atoms with E-state index in [0.29, 0.717) is 11.9 Å². The molecule has 0 saturated heterocycles. The number of aromatic nitrogens is 3. The second kappa shape index (κ2) is 6.09. The van der Waals surface area contributed by atoms with E-state index >= 15 is 0 Å². The van der Waals surface area contributed by atoms with Crippen molar-refractivity contribution in [2.24, 2.45) is 5.92 Å². The number of hydrogen-bond acceptors (Lipinski definition) is 5. The van der Waals surface area contributed by atoms with E-state index in [0.717, 1.165) is 50.0 Å². The Morgan fingerprint density at radius 3 is 2.56 bits per heavy atom. The van der Waals surface area contributed by atoms with Gasteiger partial charge in [0.15, 0.2) is 0 Å². The highest BCUT2D eigenvalue weighted by molar-refractivity contribution is 5.25. The lowest BCUT2D eigenvalue weighted by Gasteiger charge is -2.11. The molecule has 100 valence electrons. The van der Waals surface area contributed by atoms with Crippen molar-refractivity contribution in [3.05, 3.63) is 11.4 Å². The summed E-state index contributed by atoms with van der Waals surface area (Å²) in [5.41, 5.74) is 2.01. The van der Waals surface area contributed by atoms with Crippen molar-refractivity contribution >= 4 is 5.95 Å². The molecule has 0 aliphatic heterocycles. The van der Waals surface area contributed by atoms with E-state index in [1.165, 1.54) is 0 Å². The number of anilines is 1. The summed E-state index contributed by atoms with van der Waals surface area (Å²) in [5.74, 6) is 1.14. The molecule has 0 radical (unpaired) electrons. The topological polar surface area (TPSA) is 70.9 Å². The SMILES string of the molecule is CCc1nnc(NCC2CCC(O)C2)nc1CC. The molecule has 2 rings (SSSR count). The first kappa shape index (κ1) is 13.2. The molecule has 1 aromatic heterocycles. The van der Waals surface area contributed by atoms with Crippen molar-refractivity contribution in [2.45, 2.75) is 52.1 Å². The molecule has 18 heavy (non-hydrogen) atoms. The Kier molecular flexibility index (Phi) is 4.47. The average molecular weight is 250 g/mol. The van der Waals surface area contributed by atoms with Crippen LogP contribution in [-0.4, -0.2) is 32.9 Å². The van der Waals surface area contributed by atoms with Crippen LogP contribution in [0.3, 0.4) is 0 Å². The number of aryl methyl sites for hydroxylation is 2. The van der Waals surface area contributed by atoms with Gasteiger partial charge in [-0.05, 0) is 38.0 Å². The maximum atomic E-state index is 9.48. The van der Waals surface area contributed by atoms with Crippen LogP contribution in [0, 0.1) is 5.92 Å². The van der Waals surface area contributed by atoms with Gasteiger partial charge in [0.2, 0.25) is 5.95 Å². The van der Waals surface area contributed by atoms with Crippen LogP contribution in [0.4, 0.5) is 5.95 Å². The van der Waals surface area contributed by atoms with Gasteiger partial charge in [-0.15, -0.1) is 5.10 Å². The monoisotopic (exact) mass is 250 g/mol. The molecule has 2 N–H and O–H groups in total. The van der Waals surface area contributed by atoms with Crippen molar-refractivity contribution < 1.29 is 5.11 Å². The molecule has 1 fully saturated rings. The Hall–Kier alpha value is -1.23. The summed E-state index contributed by atoms with van der Waals surface area (Å²) in [7, 11) is 0.